The lowest BCUT2D eigenvalue weighted by molar-refractivity contribution is -0.116. The van der Waals surface area contributed by atoms with E-state index in [-0.39, 0.29) is 12.5 Å². The van der Waals surface area contributed by atoms with E-state index in [9.17, 15) is 14.7 Å². The third kappa shape index (κ3) is 8.63. The van der Waals surface area contributed by atoms with Gasteiger partial charge in [0.05, 0.1) is 0 Å². The summed E-state index contributed by atoms with van der Waals surface area (Å²) in [5, 5.41) is 15.2. The van der Waals surface area contributed by atoms with E-state index in [0.717, 1.165) is 5.56 Å². The number of rotatable bonds is 9. The molecule has 0 heterocycles. The molecule has 1 atom stereocenters. The van der Waals surface area contributed by atoms with Gasteiger partial charge < -0.3 is 15.2 Å². The Kier molecular flexibility index (Phi) is 7.83. The average molecular weight is 320 g/mol. The number of carbonyl (C=O) groups excluding carboxylic acids is 2. The summed E-state index contributed by atoms with van der Waals surface area (Å²) < 4.78 is 5.06. The van der Waals surface area contributed by atoms with Crippen molar-refractivity contribution < 1.29 is 19.4 Å². The molecule has 0 fully saturated rings. The van der Waals surface area contributed by atoms with Gasteiger partial charge in [0.1, 0.15) is 12.3 Å². The molecular formula is C17H24N2O4. The molecule has 0 aliphatic rings. The fourth-order valence-corrected chi connectivity index (χ4v) is 1.92. The highest BCUT2D eigenvalue weighted by Crippen LogP contribution is 2.10. The number of hydrogen-bond acceptors (Lipinski definition) is 4. The fraction of sp³-hybridized carbons (Fsp3) is 0.412. The van der Waals surface area contributed by atoms with E-state index in [2.05, 4.69) is 17.2 Å². The van der Waals surface area contributed by atoms with Gasteiger partial charge in [0.2, 0.25) is 5.91 Å². The molecule has 2 amide bonds. The monoisotopic (exact) mass is 320 g/mol. The molecule has 6 nitrogen and oxygen atoms in total. The Morgan fingerprint density at radius 2 is 2.00 bits per heavy atom. The third-order valence-electron chi connectivity index (χ3n) is 3.16. The zero-order valence-electron chi connectivity index (χ0n) is 13.4. The van der Waals surface area contributed by atoms with Crippen LogP contribution < -0.4 is 10.6 Å². The van der Waals surface area contributed by atoms with Gasteiger partial charge in [-0.3, -0.25) is 10.1 Å². The largest absolute Gasteiger partial charge is 0.445 e. The summed E-state index contributed by atoms with van der Waals surface area (Å²) in [5.74, 6) is -0.223. The van der Waals surface area contributed by atoms with Crippen molar-refractivity contribution in [3.8, 4) is 0 Å². The van der Waals surface area contributed by atoms with Gasteiger partial charge in [-0.1, -0.05) is 36.9 Å². The maximum absolute atomic E-state index is 11.7. The second-order valence-corrected chi connectivity index (χ2v) is 5.41. The molecule has 1 aromatic rings. The van der Waals surface area contributed by atoms with Crippen molar-refractivity contribution in [1.29, 1.82) is 0 Å². The predicted molar refractivity (Wildman–Crippen MR) is 87.4 cm³/mol. The predicted octanol–water partition coefficient (Wildman–Crippen LogP) is 2.09. The normalized spacial score (nSPS) is 12.8. The zero-order valence-corrected chi connectivity index (χ0v) is 13.4. The number of amides is 2. The van der Waals surface area contributed by atoms with Crippen LogP contribution in [-0.4, -0.2) is 29.4 Å². The minimum atomic E-state index is -1.35. The van der Waals surface area contributed by atoms with Gasteiger partial charge in [-0.15, -0.1) is 0 Å². The molecule has 126 valence electrons. The van der Waals surface area contributed by atoms with Crippen molar-refractivity contribution in [1.82, 2.24) is 10.6 Å². The number of unbranched alkanes of at least 4 members (excludes halogenated alkanes) is 1. The first-order valence-electron chi connectivity index (χ1n) is 7.54. The van der Waals surface area contributed by atoms with E-state index < -0.39 is 11.8 Å². The van der Waals surface area contributed by atoms with E-state index in [1.807, 2.05) is 30.3 Å². The summed E-state index contributed by atoms with van der Waals surface area (Å²) in [6.07, 6.45) is 2.23. The summed E-state index contributed by atoms with van der Waals surface area (Å²) in [7, 11) is 0. The van der Waals surface area contributed by atoms with Gasteiger partial charge in [-0.05, 0) is 37.8 Å². The highest BCUT2D eigenvalue weighted by atomic mass is 16.6. The molecule has 0 spiro atoms. The quantitative estimate of drug-likeness (QED) is 0.369. The van der Waals surface area contributed by atoms with Crippen LogP contribution in [0.5, 0.6) is 0 Å². The standard InChI is InChI=1S/C17H24N2O4/c1-3-15(20)18-12-8-7-11-17(2,22)19-16(21)23-13-14-9-5-4-6-10-14/h3-6,9-10,22H,1,7-8,11-13H2,2H3,(H,18,20)(H,19,21)/t17-/m0/s1. The van der Waals surface area contributed by atoms with Crippen LogP contribution in [-0.2, 0) is 16.1 Å². The van der Waals surface area contributed by atoms with Crippen LogP contribution in [0.1, 0.15) is 31.7 Å². The zero-order chi connectivity index (χ0) is 17.1. The number of hydrogen-bond donors (Lipinski definition) is 3. The number of carbonyl (C=O) groups is 2. The van der Waals surface area contributed by atoms with Gasteiger partial charge >= 0.3 is 6.09 Å². The van der Waals surface area contributed by atoms with Crippen LogP contribution in [0.2, 0.25) is 0 Å². The molecule has 6 heteroatoms. The molecular weight excluding hydrogens is 296 g/mol. The lowest BCUT2D eigenvalue weighted by Gasteiger charge is -2.24. The Labute approximate surface area is 136 Å². The molecule has 23 heavy (non-hydrogen) atoms. The lowest BCUT2D eigenvalue weighted by atomic mass is 10.1. The van der Waals surface area contributed by atoms with Gasteiger partial charge in [-0.25, -0.2) is 4.79 Å². The molecule has 1 aromatic carbocycles. The molecule has 0 unspecified atom stereocenters. The summed E-state index contributed by atoms with van der Waals surface area (Å²) in [4.78, 5) is 22.6. The van der Waals surface area contributed by atoms with Crippen molar-refractivity contribution in [3.63, 3.8) is 0 Å². The van der Waals surface area contributed by atoms with E-state index in [1.54, 1.807) is 0 Å². The van der Waals surface area contributed by atoms with Crippen LogP contribution in [0.3, 0.4) is 0 Å². The molecule has 1 rings (SSSR count). The van der Waals surface area contributed by atoms with E-state index in [4.69, 9.17) is 4.74 Å². The molecule has 0 aromatic heterocycles. The molecule has 0 aliphatic carbocycles. The summed E-state index contributed by atoms with van der Waals surface area (Å²) >= 11 is 0. The lowest BCUT2D eigenvalue weighted by Crippen LogP contribution is -2.46. The number of nitrogens with one attached hydrogen (secondary N) is 2. The average Bonchev–Trinajstić information content (AvgIpc) is 2.52. The van der Waals surface area contributed by atoms with E-state index >= 15 is 0 Å². The Morgan fingerprint density at radius 1 is 1.30 bits per heavy atom. The summed E-state index contributed by atoms with van der Waals surface area (Å²) in [6.45, 7) is 5.52. The Morgan fingerprint density at radius 3 is 2.65 bits per heavy atom. The summed E-state index contributed by atoms with van der Waals surface area (Å²) in [5.41, 5.74) is -0.476. The van der Waals surface area contributed by atoms with Crippen LogP contribution in [0, 0.1) is 0 Å². The number of alkyl carbamates (subject to hydrolysis) is 1. The highest BCUT2D eigenvalue weighted by molar-refractivity contribution is 5.86. The van der Waals surface area contributed by atoms with E-state index in [1.165, 1.54) is 13.0 Å². The smallest absolute Gasteiger partial charge is 0.409 e. The van der Waals surface area contributed by atoms with Gasteiger partial charge in [0.25, 0.3) is 0 Å². The molecule has 0 saturated heterocycles. The van der Waals surface area contributed by atoms with Gasteiger partial charge in [0.15, 0.2) is 0 Å². The number of ether oxygens (including phenoxy) is 1. The first-order valence-corrected chi connectivity index (χ1v) is 7.54. The van der Waals surface area contributed by atoms with Crippen molar-refractivity contribution in [2.24, 2.45) is 0 Å². The van der Waals surface area contributed by atoms with Crippen LogP contribution in [0.25, 0.3) is 0 Å². The summed E-state index contributed by atoms with van der Waals surface area (Å²) in [6, 6.07) is 9.30. The van der Waals surface area contributed by atoms with Gasteiger partial charge in [-0.2, -0.15) is 0 Å². The van der Waals surface area contributed by atoms with Crippen molar-refractivity contribution in [3.05, 3.63) is 48.6 Å². The third-order valence-corrected chi connectivity index (χ3v) is 3.16. The maximum Gasteiger partial charge on any atom is 0.409 e. The Bertz CT molecular complexity index is 515. The topological polar surface area (TPSA) is 87.7 Å². The Hall–Kier alpha value is -2.34. The van der Waals surface area contributed by atoms with E-state index in [0.29, 0.717) is 25.8 Å². The fourth-order valence-electron chi connectivity index (χ4n) is 1.92. The SMILES string of the molecule is C=CC(=O)NCCCC[C@](C)(O)NC(=O)OCc1ccccc1. The van der Waals surface area contributed by atoms with Crippen molar-refractivity contribution in [2.45, 2.75) is 38.5 Å². The Balaban J connectivity index is 2.21. The van der Waals surface area contributed by atoms with Crippen molar-refractivity contribution >= 4 is 12.0 Å². The molecule has 0 bridgehead atoms. The number of aliphatic hydroxyl groups is 1. The van der Waals surface area contributed by atoms with Crippen LogP contribution in [0.4, 0.5) is 4.79 Å². The number of benzene rings is 1. The van der Waals surface area contributed by atoms with Crippen LogP contribution in [0.15, 0.2) is 43.0 Å². The molecule has 3 N–H and O–H groups in total. The molecule has 0 saturated carbocycles. The molecule has 0 aliphatic heterocycles. The minimum Gasteiger partial charge on any atom is -0.445 e. The second-order valence-electron chi connectivity index (χ2n) is 5.41. The van der Waals surface area contributed by atoms with Gasteiger partial charge in [0, 0.05) is 6.54 Å². The maximum atomic E-state index is 11.7. The van der Waals surface area contributed by atoms with Crippen molar-refractivity contribution in [2.75, 3.05) is 6.54 Å². The first kappa shape index (κ1) is 18.7. The first-order chi connectivity index (χ1) is 10.9. The van der Waals surface area contributed by atoms with Crippen LogP contribution >= 0.6 is 0 Å². The second kappa shape index (κ2) is 9.63. The molecule has 0 radical (unpaired) electrons. The minimum absolute atomic E-state index is 0.149. The highest BCUT2D eigenvalue weighted by Gasteiger charge is 2.22.